The van der Waals surface area contributed by atoms with E-state index in [4.69, 9.17) is 4.74 Å². The molecule has 5 heteroatoms. The van der Waals surface area contributed by atoms with E-state index >= 15 is 0 Å². The predicted molar refractivity (Wildman–Crippen MR) is 114 cm³/mol. The van der Waals surface area contributed by atoms with Gasteiger partial charge in [0.25, 0.3) is 5.91 Å². The molecule has 0 aromatic heterocycles. The van der Waals surface area contributed by atoms with E-state index in [-0.39, 0.29) is 17.9 Å². The summed E-state index contributed by atoms with van der Waals surface area (Å²) in [6.07, 6.45) is 0. The number of thioether (sulfide) groups is 1. The van der Waals surface area contributed by atoms with Crippen molar-refractivity contribution in [2.45, 2.75) is 31.9 Å². The minimum absolute atomic E-state index is 0.0246. The summed E-state index contributed by atoms with van der Waals surface area (Å²) in [6.45, 7) is 7.16. The van der Waals surface area contributed by atoms with Crippen LogP contribution in [0.4, 0.5) is 0 Å². The van der Waals surface area contributed by atoms with Gasteiger partial charge in [0.2, 0.25) is 0 Å². The molecule has 1 amide bonds. The Hall–Kier alpha value is -1.46. The van der Waals surface area contributed by atoms with Gasteiger partial charge in [-0.25, -0.2) is 0 Å². The second-order valence-electron chi connectivity index (χ2n) is 7.07. The molecular formula is C21H26BrNO2S. The smallest absolute Gasteiger partial charge is 0.257 e. The molecule has 2 aromatic rings. The Morgan fingerprint density at radius 3 is 2.54 bits per heavy atom. The lowest BCUT2D eigenvalue weighted by molar-refractivity contribution is -0.122. The monoisotopic (exact) mass is 435 g/mol. The summed E-state index contributed by atoms with van der Waals surface area (Å²) in [5.41, 5.74) is 2.60. The van der Waals surface area contributed by atoms with E-state index < -0.39 is 0 Å². The molecule has 3 nitrogen and oxygen atoms in total. The van der Waals surface area contributed by atoms with Gasteiger partial charge in [-0.2, -0.15) is 11.8 Å². The molecule has 0 atom stereocenters. The zero-order valence-corrected chi connectivity index (χ0v) is 18.0. The van der Waals surface area contributed by atoms with Gasteiger partial charge < -0.3 is 10.1 Å². The maximum absolute atomic E-state index is 11.9. The quantitative estimate of drug-likeness (QED) is 0.580. The van der Waals surface area contributed by atoms with Crippen LogP contribution in [0.3, 0.4) is 0 Å². The minimum atomic E-state index is -0.0999. The standard InChI is InChI=1S/C21H26BrNO2S/c1-21(2,3)17-9-10-19(18(22)13-17)25-14-20(24)23-11-12-26-15-16-7-5-4-6-8-16/h4-10,13H,11-12,14-15H2,1-3H3,(H,23,24). The molecule has 0 saturated carbocycles. The second-order valence-corrected chi connectivity index (χ2v) is 9.03. The topological polar surface area (TPSA) is 38.3 Å². The van der Waals surface area contributed by atoms with Crippen molar-refractivity contribution < 1.29 is 9.53 Å². The molecule has 140 valence electrons. The lowest BCUT2D eigenvalue weighted by Crippen LogP contribution is -2.30. The van der Waals surface area contributed by atoms with Crippen molar-refractivity contribution in [3.05, 3.63) is 64.1 Å². The number of amides is 1. The first kappa shape index (κ1) is 20.8. The first-order valence-electron chi connectivity index (χ1n) is 8.67. The van der Waals surface area contributed by atoms with Crippen LogP contribution in [0.5, 0.6) is 5.75 Å². The fourth-order valence-corrected chi connectivity index (χ4v) is 3.62. The Morgan fingerprint density at radius 1 is 1.15 bits per heavy atom. The maximum Gasteiger partial charge on any atom is 0.257 e. The van der Waals surface area contributed by atoms with Crippen molar-refractivity contribution in [3.63, 3.8) is 0 Å². The Labute approximate surface area is 169 Å². The van der Waals surface area contributed by atoms with E-state index in [2.05, 4.69) is 54.2 Å². The van der Waals surface area contributed by atoms with Crippen LogP contribution in [-0.4, -0.2) is 24.8 Å². The molecule has 0 saturated heterocycles. The molecule has 0 spiro atoms. The lowest BCUT2D eigenvalue weighted by atomic mass is 9.87. The van der Waals surface area contributed by atoms with E-state index in [1.165, 1.54) is 11.1 Å². The van der Waals surface area contributed by atoms with Crippen molar-refractivity contribution in [1.82, 2.24) is 5.32 Å². The van der Waals surface area contributed by atoms with E-state index in [9.17, 15) is 4.79 Å². The molecule has 0 aliphatic rings. The summed E-state index contributed by atoms with van der Waals surface area (Å²) in [5, 5.41) is 2.89. The lowest BCUT2D eigenvalue weighted by Gasteiger charge is -2.20. The highest BCUT2D eigenvalue weighted by Gasteiger charge is 2.15. The average Bonchev–Trinajstić information content (AvgIpc) is 2.60. The van der Waals surface area contributed by atoms with Crippen LogP contribution >= 0.6 is 27.7 Å². The van der Waals surface area contributed by atoms with Crippen molar-refractivity contribution in [2.75, 3.05) is 18.9 Å². The number of hydrogen-bond acceptors (Lipinski definition) is 3. The third-order valence-electron chi connectivity index (χ3n) is 3.84. The first-order chi connectivity index (χ1) is 12.4. The number of carbonyl (C=O) groups is 1. The SMILES string of the molecule is CC(C)(C)c1ccc(OCC(=O)NCCSCc2ccccc2)c(Br)c1. The van der Waals surface area contributed by atoms with E-state index in [0.717, 1.165) is 16.0 Å². The Morgan fingerprint density at radius 2 is 1.88 bits per heavy atom. The van der Waals surface area contributed by atoms with Gasteiger partial charge in [0.15, 0.2) is 6.61 Å². The molecule has 0 unspecified atom stereocenters. The zero-order chi connectivity index (χ0) is 19.0. The third kappa shape index (κ3) is 7.04. The summed E-state index contributed by atoms with van der Waals surface area (Å²) in [5.74, 6) is 2.42. The van der Waals surface area contributed by atoms with Crippen LogP contribution in [0.15, 0.2) is 53.0 Å². The predicted octanol–water partition coefficient (Wildman–Crippen LogP) is 5.18. The van der Waals surface area contributed by atoms with Gasteiger partial charge >= 0.3 is 0 Å². The number of nitrogens with one attached hydrogen (secondary N) is 1. The largest absolute Gasteiger partial charge is 0.483 e. The van der Waals surface area contributed by atoms with Gasteiger partial charge in [-0.1, -0.05) is 57.2 Å². The van der Waals surface area contributed by atoms with E-state index in [1.807, 2.05) is 36.4 Å². The third-order valence-corrected chi connectivity index (χ3v) is 5.49. The molecular weight excluding hydrogens is 410 g/mol. The van der Waals surface area contributed by atoms with E-state index in [1.54, 1.807) is 11.8 Å². The van der Waals surface area contributed by atoms with Gasteiger partial charge in [0.1, 0.15) is 5.75 Å². The normalized spacial score (nSPS) is 11.2. The highest BCUT2D eigenvalue weighted by molar-refractivity contribution is 9.10. The molecule has 0 aliphatic carbocycles. The fourth-order valence-electron chi connectivity index (χ4n) is 2.31. The number of ether oxygens (including phenoxy) is 1. The first-order valence-corrected chi connectivity index (χ1v) is 10.6. The maximum atomic E-state index is 11.9. The zero-order valence-electron chi connectivity index (χ0n) is 15.5. The molecule has 2 aromatic carbocycles. The number of halogens is 1. The number of carbonyl (C=O) groups excluding carboxylic acids is 1. The summed E-state index contributed by atoms with van der Waals surface area (Å²) < 4.78 is 6.50. The van der Waals surface area contributed by atoms with Crippen molar-refractivity contribution >= 4 is 33.6 Å². The summed E-state index contributed by atoms with van der Waals surface area (Å²) in [6, 6.07) is 16.3. The van der Waals surface area contributed by atoms with Gasteiger partial charge in [-0.15, -0.1) is 0 Å². The van der Waals surface area contributed by atoms with Crippen molar-refractivity contribution in [1.29, 1.82) is 0 Å². The van der Waals surface area contributed by atoms with Crippen LogP contribution in [0.25, 0.3) is 0 Å². The van der Waals surface area contributed by atoms with Gasteiger partial charge in [-0.05, 0) is 44.6 Å². The highest BCUT2D eigenvalue weighted by atomic mass is 79.9. The Balaban J connectivity index is 1.67. The second kappa shape index (κ2) is 10.0. The molecule has 0 fully saturated rings. The molecule has 0 heterocycles. The van der Waals surface area contributed by atoms with Crippen LogP contribution in [0.2, 0.25) is 0 Å². The van der Waals surface area contributed by atoms with Crippen LogP contribution in [0.1, 0.15) is 31.9 Å². The molecule has 0 radical (unpaired) electrons. The molecule has 0 aliphatic heterocycles. The van der Waals surface area contributed by atoms with Crippen LogP contribution in [-0.2, 0) is 16.0 Å². The molecule has 2 rings (SSSR count). The Kier molecular flexibility index (Phi) is 8.04. The Bertz CT molecular complexity index is 714. The summed E-state index contributed by atoms with van der Waals surface area (Å²) in [4.78, 5) is 11.9. The van der Waals surface area contributed by atoms with Gasteiger partial charge in [0.05, 0.1) is 4.47 Å². The fraction of sp³-hybridized carbons (Fsp3) is 0.381. The number of benzene rings is 2. The minimum Gasteiger partial charge on any atom is -0.483 e. The molecule has 1 N–H and O–H groups in total. The summed E-state index contributed by atoms with van der Waals surface area (Å²) >= 11 is 5.33. The number of rotatable bonds is 8. The number of hydrogen-bond donors (Lipinski definition) is 1. The van der Waals surface area contributed by atoms with Crippen LogP contribution in [0, 0.1) is 0 Å². The van der Waals surface area contributed by atoms with Crippen molar-refractivity contribution in [2.24, 2.45) is 0 Å². The van der Waals surface area contributed by atoms with Crippen LogP contribution < -0.4 is 10.1 Å². The molecule has 0 bridgehead atoms. The van der Waals surface area contributed by atoms with E-state index in [0.29, 0.717) is 12.3 Å². The van der Waals surface area contributed by atoms with Gasteiger partial charge in [0, 0.05) is 18.1 Å². The van der Waals surface area contributed by atoms with Crippen molar-refractivity contribution in [3.8, 4) is 5.75 Å². The summed E-state index contributed by atoms with van der Waals surface area (Å²) in [7, 11) is 0. The van der Waals surface area contributed by atoms with Gasteiger partial charge in [-0.3, -0.25) is 4.79 Å². The molecule has 26 heavy (non-hydrogen) atoms. The highest BCUT2D eigenvalue weighted by Crippen LogP contribution is 2.31. The average molecular weight is 436 g/mol.